The van der Waals surface area contributed by atoms with Gasteiger partial charge in [-0.2, -0.15) is 0 Å². The van der Waals surface area contributed by atoms with E-state index in [-0.39, 0.29) is 29.5 Å². The topological polar surface area (TPSA) is 111 Å². The highest BCUT2D eigenvalue weighted by Crippen LogP contribution is 2.20. The first-order chi connectivity index (χ1) is 15.4. The van der Waals surface area contributed by atoms with E-state index in [1.54, 1.807) is 14.0 Å². The molecule has 0 aromatic heterocycles. The van der Waals surface area contributed by atoms with Crippen LogP contribution in [0.3, 0.4) is 0 Å². The number of rotatable bonds is 8. The van der Waals surface area contributed by atoms with Crippen molar-refractivity contribution in [3.05, 3.63) is 69.3 Å². The van der Waals surface area contributed by atoms with Gasteiger partial charge in [-0.1, -0.05) is 12.1 Å². The number of carbonyl (C=O) groups excluding carboxylic acids is 2. The van der Waals surface area contributed by atoms with Gasteiger partial charge in [0.1, 0.15) is 5.75 Å². The van der Waals surface area contributed by atoms with Gasteiger partial charge in [0.15, 0.2) is 0 Å². The summed E-state index contributed by atoms with van der Waals surface area (Å²) < 4.78 is 10.2. The van der Waals surface area contributed by atoms with Crippen molar-refractivity contribution in [2.75, 3.05) is 26.8 Å². The van der Waals surface area contributed by atoms with Crippen molar-refractivity contribution >= 4 is 17.6 Å². The lowest BCUT2D eigenvalue weighted by Crippen LogP contribution is -2.44. The third-order valence-corrected chi connectivity index (χ3v) is 5.37. The molecule has 0 radical (unpaired) electrons. The fraction of sp³-hybridized carbons (Fsp3) is 0.391. The van der Waals surface area contributed by atoms with Gasteiger partial charge in [-0.05, 0) is 43.5 Å². The normalized spacial score (nSPS) is 14.6. The zero-order valence-electron chi connectivity index (χ0n) is 18.2. The smallest absolute Gasteiger partial charge is 0.338 e. The van der Waals surface area contributed by atoms with Crippen LogP contribution in [0.25, 0.3) is 0 Å². The van der Waals surface area contributed by atoms with E-state index in [0.717, 1.165) is 49.9 Å². The Balaban J connectivity index is 1.60. The summed E-state index contributed by atoms with van der Waals surface area (Å²) in [5.41, 5.74) is 0.893. The van der Waals surface area contributed by atoms with E-state index in [0.29, 0.717) is 0 Å². The molecule has 0 saturated carbocycles. The minimum Gasteiger partial charge on any atom is -0.497 e. The van der Waals surface area contributed by atoms with Crippen LogP contribution in [-0.2, 0) is 11.3 Å². The van der Waals surface area contributed by atoms with Crippen LogP contribution < -0.4 is 10.1 Å². The van der Waals surface area contributed by atoms with Crippen molar-refractivity contribution in [1.29, 1.82) is 0 Å². The van der Waals surface area contributed by atoms with Gasteiger partial charge in [-0.15, -0.1) is 0 Å². The summed E-state index contributed by atoms with van der Waals surface area (Å²) in [7, 11) is 1.64. The maximum atomic E-state index is 12.8. The summed E-state index contributed by atoms with van der Waals surface area (Å²) in [6.45, 7) is 4.20. The van der Waals surface area contributed by atoms with Crippen LogP contribution in [0.2, 0.25) is 0 Å². The fourth-order valence-electron chi connectivity index (χ4n) is 3.71. The second-order valence-corrected chi connectivity index (χ2v) is 7.62. The number of benzene rings is 2. The minimum atomic E-state index is -0.698. The summed E-state index contributed by atoms with van der Waals surface area (Å²) >= 11 is 0. The first-order valence-corrected chi connectivity index (χ1v) is 10.5. The number of ether oxygens (including phenoxy) is 2. The Morgan fingerprint density at radius 3 is 2.53 bits per heavy atom. The van der Waals surface area contributed by atoms with Crippen LogP contribution in [0.1, 0.15) is 46.0 Å². The second kappa shape index (κ2) is 10.7. The van der Waals surface area contributed by atoms with Crippen molar-refractivity contribution in [2.24, 2.45) is 0 Å². The number of non-ortho nitro benzene ring substituents is 1. The SMILES string of the molecule is CCOC(=O)c1cc(C(=O)NC2CCN(Cc3cccc(OC)c3)CC2)cc([N+](=O)[O-])c1. The molecular formula is C23H27N3O6. The molecule has 0 unspecified atom stereocenters. The first-order valence-electron chi connectivity index (χ1n) is 10.5. The van der Waals surface area contributed by atoms with E-state index in [1.807, 2.05) is 18.2 Å². The lowest BCUT2D eigenvalue weighted by atomic mass is 10.0. The Morgan fingerprint density at radius 2 is 1.88 bits per heavy atom. The number of nitrogens with zero attached hydrogens (tertiary/aromatic N) is 2. The van der Waals surface area contributed by atoms with Crippen LogP contribution in [0.5, 0.6) is 5.75 Å². The summed E-state index contributed by atoms with van der Waals surface area (Å²) in [5.74, 6) is -0.314. The number of methoxy groups -OCH3 is 1. The molecule has 1 heterocycles. The Hall–Kier alpha value is -3.46. The lowest BCUT2D eigenvalue weighted by molar-refractivity contribution is -0.384. The number of likely N-dealkylation sites (tertiary alicyclic amines) is 1. The van der Waals surface area contributed by atoms with Crippen LogP contribution >= 0.6 is 0 Å². The van der Waals surface area contributed by atoms with Crippen LogP contribution in [0.15, 0.2) is 42.5 Å². The number of esters is 1. The number of amides is 1. The molecule has 1 amide bonds. The monoisotopic (exact) mass is 441 g/mol. The maximum absolute atomic E-state index is 12.8. The predicted octanol–water partition coefficient (Wildman–Crippen LogP) is 3.17. The highest BCUT2D eigenvalue weighted by Gasteiger charge is 2.23. The van der Waals surface area contributed by atoms with Crippen LogP contribution in [0, 0.1) is 10.1 Å². The van der Waals surface area contributed by atoms with Gasteiger partial charge in [0.25, 0.3) is 11.6 Å². The molecule has 1 N–H and O–H groups in total. The molecule has 170 valence electrons. The van der Waals surface area contributed by atoms with Gasteiger partial charge in [-0.25, -0.2) is 4.79 Å². The minimum absolute atomic E-state index is 0.0145. The molecule has 2 aromatic rings. The number of hydrogen-bond acceptors (Lipinski definition) is 7. The number of hydrogen-bond donors (Lipinski definition) is 1. The standard InChI is InChI=1S/C23H27N3O6/c1-3-32-23(28)18-12-17(13-20(14-18)26(29)30)22(27)24-19-7-9-25(10-8-19)15-16-5-4-6-21(11-16)31-2/h4-6,11-14,19H,3,7-10,15H2,1-2H3,(H,24,27). The zero-order valence-corrected chi connectivity index (χ0v) is 18.2. The summed E-state index contributed by atoms with van der Waals surface area (Å²) in [4.78, 5) is 37.7. The second-order valence-electron chi connectivity index (χ2n) is 7.62. The van der Waals surface area contributed by atoms with Crippen molar-refractivity contribution in [1.82, 2.24) is 10.2 Å². The average Bonchev–Trinajstić information content (AvgIpc) is 2.80. The van der Waals surface area contributed by atoms with Gasteiger partial charge in [0.2, 0.25) is 0 Å². The molecule has 0 aliphatic carbocycles. The summed E-state index contributed by atoms with van der Waals surface area (Å²) in [6.07, 6.45) is 1.52. The maximum Gasteiger partial charge on any atom is 0.338 e. The van der Waals surface area contributed by atoms with E-state index in [2.05, 4.69) is 16.3 Å². The molecule has 9 nitrogen and oxygen atoms in total. The number of piperidine rings is 1. The van der Waals surface area contributed by atoms with Crippen molar-refractivity contribution in [3.8, 4) is 5.75 Å². The van der Waals surface area contributed by atoms with Crippen LogP contribution in [0.4, 0.5) is 5.69 Å². The highest BCUT2D eigenvalue weighted by atomic mass is 16.6. The number of nitrogens with one attached hydrogen (secondary N) is 1. The molecule has 0 atom stereocenters. The van der Waals surface area contributed by atoms with Crippen molar-refractivity contribution < 1.29 is 24.0 Å². The molecule has 1 fully saturated rings. The number of nitro groups is 1. The first kappa shape index (κ1) is 23.2. The lowest BCUT2D eigenvalue weighted by Gasteiger charge is -2.32. The molecule has 0 bridgehead atoms. The Kier molecular flexibility index (Phi) is 7.77. The van der Waals surface area contributed by atoms with Gasteiger partial charge >= 0.3 is 5.97 Å². The van der Waals surface area contributed by atoms with Crippen molar-refractivity contribution in [3.63, 3.8) is 0 Å². The van der Waals surface area contributed by atoms with E-state index < -0.39 is 16.8 Å². The van der Waals surface area contributed by atoms with Gasteiger partial charge in [-0.3, -0.25) is 19.8 Å². The molecular weight excluding hydrogens is 414 g/mol. The Morgan fingerprint density at radius 1 is 1.16 bits per heavy atom. The molecule has 3 rings (SSSR count). The molecule has 9 heteroatoms. The molecule has 0 spiro atoms. The molecule has 1 aliphatic rings. The van der Waals surface area contributed by atoms with Crippen molar-refractivity contribution in [2.45, 2.75) is 32.4 Å². The number of nitro benzene ring substituents is 1. The quantitative estimate of drug-likeness (QED) is 0.380. The van der Waals surface area contributed by atoms with Crippen LogP contribution in [-0.4, -0.2) is 54.5 Å². The van der Waals surface area contributed by atoms with E-state index in [4.69, 9.17) is 9.47 Å². The van der Waals surface area contributed by atoms with Gasteiger partial charge < -0.3 is 14.8 Å². The largest absolute Gasteiger partial charge is 0.497 e. The van der Waals surface area contributed by atoms with E-state index in [1.165, 1.54) is 12.1 Å². The summed E-state index contributed by atoms with van der Waals surface area (Å²) in [5, 5.41) is 14.2. The van der Waals surface area contributed by atoms with E-state index in [9.17, 15) is 19.7 Å². The van der Waals surface area contributed by atoms with Gasteiger partial charge in [0, 0.05) is 43.4 Å². The third kappa shape index (κ3) is 6.04. The molecule has 1 saturated heterocycles. The molecule has 1 aliphatic heterocycles. The fourth-order valence-corrected chi connectivity index (χ4v) is 3.71. The predicted molar refractivity (Wildman–Crippen MR) is 118 cm³/mol. The average molecular weight is 441 g/mol. The molecule has 32 heavy (non-hydrogen) atoms. The van der Waals surface area contributed by atoms with Gasteiger partial charge in [0.05, 0.1) is 24.2 Å². The highest BCUT2D eigenvalue weighted by molar-refractivity contribution is 5.99. The Labute approximate surface area is 186 Å². The third-order valence-electron chi connectivity index (χ3n) is 5.37. The summed E-state index contributed by atoms with van der Waals surface area (Å²) in [6, 6.07) is 11.5. The number of carbonyl (C=O) groups is 2. The Bertz CT molecular complexity index is 985. The van der Waals surface area contributed by atoms with E-state index >= 15 is 0 Å². The zero-order chi connectivity index (χ0) is 23.1. The molecule has 2 aromatic carbocycles.